The summed E-state index contributed by atoms with van der Waals surface area (Å²) in [4.78, 5) is 25.3. The first-order chi connectivity index (χ1) is 14.7. The van der Waals surface area contributed by atoms with Crippen molar-refractivity contribution in [2.75, 3.05) is 0 Å². The molecule has 2 aromatic heterocycles. The maximum absolute atomic E-state index is 12.6. The lowest BCUT2D eigenvalue weighted by Crippen LogP contribution is -2.10. The molecule has 0 saturated heterocycles. The Morgan fingerprint density at radius 1 is 0.533 bits per heavy atom. The third-order valence-corrected chi connectivity index (χ3v) is 4.11. The van der Waals surface area contributed by atoms with Crippen molar-refractivity contribution in [3.63, 3.8) is 0 Å². The Balaban J connectivity index is 1.83. The Labute approximate surface area is 172 Å². The van der Waals surface area contributed by atoms with E-state index in [1.165, 1.54) is 24.7 Å². The molecule has 0 aliphatic rings. The first-order valence-corrected chi connectivity index (χ1v) is 9.09. The number of hydrogen-bond donors (Lipinski definition) is 0. The molecule has 4 rings (SSSR count). The summed E-state index contributed by atoms with van der Waals surface area (Å²) in [7, 11) is 0. The van der Waals surface area contributed by atoms with E-state index in [0.717, 1.165) is 0 Å². The number of carbonyl (C=O) groups excluding carboxylic acids is 2. The number of rotatable bonds is 6. The van der Waals surface area contributed by atoms with Crippen LogP contribution >= 0.6 is 0 Å². The van der Waals surface area contributed by atoms with E-state index in [1.807, 2.05) is 12.1 Å². The second-order valence-electron chi connectivity index (χ2n) is 6.12. The highest BCUT2D eigenvalue weighted by Crippen LogP contribution is 2.30. The highest BCUT2D eigenvalue weighted by atomic mass is 16.6. The number of benzene rings is 2. The summed E-state index contributed by atoms with van der Waals surface area (Å²) in [5.74, 6) is -1.25. The predicted molar refractivity (Wildman–Crippen MR) is 108 cm³/mol. The Morgan fingerprint density at radius 2 is 0.933 bits per heavy atom. The van der Waals surface area contributed by atoms with E-state index in [2.05, 4.69) is 0 Å². The lowest BCUT2D eigenvalue weighted by molar-refractivity contribution is 0.0613. The van der Waals surface area contributed by atoms with Crippen molar-refractivity contribution in [3.05, 3.63) is 120 Å². The molecule has 4 aromatic rings. The van der Waals surface area contributed by atoms with Gasteiger partial charge in [0.15, 0.2) is 11.5 Å². The second-order valence-corrected chi connectivity index (χ2v) is 6.12. The van der Waals surface area contributed by atoms with Crippen LogP contribution in [0.1, 0.15) is 32.2 Å². The monoisotopic (exact) mass is 400 g/mol. The number of hydrogen-bond acceptors (Lipinski definition) is 6. The normalized spacial score (nSPS) is 11.5. The zero-order valence-electron chi connectivity index (χ0n) is 15.7. The van der Waals surface area contributed by atoms with Crippen LogP contribution in [0.15, 0.2) is 106 Å². The fourth-order valence-corrected chi connectivity index (χ4v) is 2.73. The SMILES string of the molecule is O=C(O/C(=C(/OC(=O)c1ccco1)c1ccccc1)c1ccccc1)c1ccco1. The minimum Gasteiger partial charge on any atom is -0.457 e. The maximum atomic E-state index is 12.6. The highest BCUT2D eigenvalue weighted by molar-refractivity contribution is 5.99. The highest BCUT2D eigenvalue weighted by Gasteiger charge is 2.24. The smallest absolute Gasteiger partial charge is 0.379 e. The Hall–Kier alpha value is -4.32. The quantitative estimate of drug-likeness (QED) is 0.245. The molecule has 0 unspecified atom stereocenters. The number of ether oxygens (including phenoxy) is 2. The first-order valence-electron chi connectivity index (χ1n) is 9.09. The van der Waals surface area contributed by atoms with Crippen LogP contribution in [-0.4, -0.2) is 11.9 Å². The van der Waals surface area contributed by atoms with Gasteiger partial charge in [0.2, 0.25) is 11.5 Å². The fraction of sp³-hybridized carbons (Fsp3) is 0. The summed E-state index contributed by atoms with van der Waals surface area (Å²) in [6, 6.07) is 23.9. The summed E-state index contributed by atoms with van der Waals surface area (Å²) in [6.07, 6.45) is 2.75. The standard InChI is InChI=1S/C24H16O6/c25-23(19-13-7-15-27-19)29-21(17-9-3-1-4-10-17)22(18-11-5-2-6-12-18)30-24(26)20-14-8-16-28-20/h1-16H/b22-21+. The van der Waals surface area contributed by atoms with Gasteiger partial charge >= 0.3 is 11.9 Å². The summed E-state index contributed by atoms with van der Waals surface area (Å²) < 4.78 is 21.6. The lowest BCUT2D eigenvalue weighted by Gasteiger charge is -2.15. The Kier molecular flexibility index (Phi) is 5.57. The Morgan fingerprint density at radius 3 is 1.27 bits per heavy atom. The van der Waals surface area contributed by atoms with Crippen LogP contribution in [0, 0.1) is 0 Å². The first kappa shape index (κ1) is 19.0. The molecular formula is C24H16O6. The van der Waals surface area contributed by atoms with Crippen molar-refractivity contribution >= 4 is 23.5 Å². The molecule has 6 nitrogen and oxygen atoms in total. The minimum absolute atomic E-state index is 0.0215. The molecule has 0 atom stereocenters. The van der Waals surface area contributed by atoms with E-state index in [-0.39, 0.29) is 23.0 Å². The topological polar surface area (TPSA) is 78.9 Å². The molecule has 0 spiro atoms. The van der Waals surface area contributed by atoms with Crippen LogP contribution in [0.25, 0.3) is 11.5 Å². The van der Waals surface area contributed by atoms with E-state index in [4.69, 9.17) is 18.3 Å². The minimum atomic E-state index is -0.721. The number of furan rings is 2. The summed E-state index contributed by atoms with van der Waals surface area (Å²) in [5.41, 5.74) is 1.09. The van der Waals surface area contributed by atoms with Gasteiger partial charge in [-0.15, -0.1) is 0 Å². The van der Waals surface area contributed by atoms with E-state index < -0.39 is 11.9 Å². The molecule has 2 aromatic carbocycles. The van der Waals surface area contributed by atoms with Gasteiger partial charge in [-0.05, 0) is 24.3 Å². The molecule has 2 heterocycles. The van der Waals surface area contributed by atoms with Gasteiger partial charge in [0.1, 0.15) is 0 Å². The zero-order chi connectivity index (χ0) is 20.8. The second kappa shape index (κ2) is 8.79. The molecule has 0 saturated carbocycles. The summed E-state index contributed by atoms with van der Waals surface area (Å²) in [6.45, 7) is 0. The molecule has 0 aliphatic heterocycles. The molecule has 6 heteroatoms. The molecule has 148 valence electrons. The van der Waals surface area contributed by atoms with Gasteiger partial charge in [-0.25, -0.2) is 9.59 Å². The van der Waals surface area contributed by atoms with Crippen molar-refractivity contribution in [3.8, 4) is 0 Å². The number of esters is 2. The van der Waals surface area contributed by atoms with Crippen LogP contribution in [-0.2, 0) is 9.47 Å². The van der Waals surface area contributed by atoms with Crippen molar-refractivity contribution in [2.45, 2.75) is 0 Å². The molecule has 30 heavy (non-hydrogen) atoms. The van der Waals surface area contributed by atoms with E-state index in [0.29, 0.717) is 11.1 Å². The molecule has 0 fully saturated rings. The summed E-state index contributed by atoms with van der Waals surface area (Å²) >= 11 is 0. The molecular weight excluding hydrogens is 384 g/mol. The molecule has 0 radical (unpaired) electrons. The zero-order valence-corrected chi connectivity index (χ0v) is 15.7. The third-order valence-electron chi connectivity index (χ3n) is 4.11. The average Bonchev–Trinajstić information content (AvgIpc) is 3.52. The van der Waals surface area contributed by atoms with Gasteiger partial charge in [-0.1, -0.05) is 60.7 Å². The van der Waals surface area contributed by atoms with Crippen molar-refractivity contribution in [2.24, 2.45) is 0 Å². The molecule has 0 amide bonds. The molecule has 0 N–H and O–H groups in total. The number of carbonyl (C=O) groups is 2. The van der Waals surface area contributed by atoms with Gasteiger partial charge in [-0.3, -0.25) is 0 Å². The van der Waals surface area contributed by atoms with Gasteiger partial charge in [-0.2, -0.15) is 0 Å². The van der Waals surface area contributed by atoms with E-state index in [9.17, 15) is 9.59 Å². The fourth-order valence-electron chi connectivity index (χ4n) is 2.73. The predicted octanol–water partition coefficient (Wildman–Crippen LogP) is 5.41. The van der Waals surface area contributed by atoms with Crippen LogP contribution < -0.4 is 0 Å². The van der Waals surface area contributed by atoms with E-state index >= 15 is 0 Å². The largest absolute Gasteiger partial charge is 0.457 e. The Bertz CT molecular complexity index is 1050. The van der Waals surface area contributed by atoms with Crippen molar-refractivity contribution in [1.29, 1.82) is 0 Å². The van der Waals surface area contributed by atoms with Crippen molar-refractivity contribution < 1.29 is 27.9 Å². The maximum Gasteiger partial charge on any atom is 0.379 e. The average molecular weight is 400 g/mol. The van der Waals surface area contributed by atoms with E-state index in [1.54, 1.807) is 60.7 Å². The van der Waals surface area contributed by atoms with Crippen molar-refractivity contribution in [1.82, 2.24) is 0 Å². The van der Waals surface area contributed by atoms with Gasteiger partial charge in [0.05, 0.1) is 12.5 Å². The van der Waals surface area contributed by atoms with Gasteiger partial charge in [0.25, 0.3) is 0 Å². The summed E-state index contributed by atoms with van der Waals surface area (Å²) in [5, 5.41) is 0. The molecule has 0 bridgehead atoms. The third kappa shape index (κ3) is 4.23. The van der Waals surface area contributed by atoms with Gasteiger partial charge in [0, 0.05) is 11.1 Å². The molecule has 0 aliphatic carbocycles. The van der Waals surface area contributed by atoms with Crippen LogP contribution in [0.2, 0.25) is 0 Å². The van der Waals surface area contributed by atoms with Crippen LogP contribution in [0.4, 0.5) is 0 Å². The van der Waals surface area contributed by atoms with Gasteiger partial charge < -0.3 is 18.3 Å². The van der Waals surface area contributed by atoms with Crippen LogP contribution in [0.3, 0.4) is 0 Å². The lowest BCUT2D eigenvalue weighted by atomic mass is 10.1. The van der Waals surface area contributed by atoms with Crippen LogP contribution in [0.5, 0.6) is 0 Å².